The lowest BCUT2D eigenvalue weighted by atomic mass is 10.1. The predicted octanol–water partition coefficient (Wildman–Crippen LogP) is 0.892. The Balaban J connectivity index is 1.76. The number of amides is 2. The van der Waals surface area contributed by atoms with Crippen molar-refractivity contribution < 1.29 is 9.59 Å². The number of fused-ring (bicyclic) bond motifs is 2. The molecule has 0 radical (unpaired) electrons. The van der Waals surface area contributed by atoms with Gasteiger partial charge in [-0.3, -0.25) is 9.59 Å². The molecule has 2 amide bonds. The van der Waals surface area contributed by atoms with Gasteiger partial charge in [0.2, 0.25) is 11.8 Å². The van der Waals surface area contributed by atoms with Crippen LogP contribution in [-0.2, 0) is 9.59 Å². The lowest BCUT2D eigenvalue weighted by Crippen LogP contribution is -2.43. The molecule has 0 aromatic rings. The molecule has 2 aliphatic rings. The third-order valence-corrected chi connectivity index (χ3v) is 4.20. The highest BCUT2D eigenvalue weighted by molar-refractivity contribution is 5.79. The number of rotatable bonds is 5. The van der Waals surface area contributed by atoms with Gasteiger partial charge in [0.15, 0.2) is 0 Å². The van der Waals surface area contributed by atoms with E-state index in [0.717, 1.165) is 32.4 Å². The minimum absolute atomic E-state index is 0.0494. The molecule has 2 heterocycles. The zero-order valence-electron chi connectivity index (χ0n) is 12.7. The standard InChI is InChI=1S/C15H27N3O2/c1-11(2)9-14(19)17-8-6-15(20)18-12-3-4-13(18)10-16-7-5-12/h11-13,16H,3-10H2,1-2H3,(H,17,19). The van der Waals surface area contributed by atoms with Gasteiger partial charge < -0.3 is 15.5 Å². The van der Waals surface area contributed by atoms with E-state index in [1.807, 2.05) is 13.8 Å². The summed E-state index contributed by atoms with van der Waals surface area (Å²) in [6, 6.07) is 0.773. The van der Waals surface area contributed by atoms with Crippen LogP contribution in [0.3, 0.4) is 0 Å². The summed E-state index contributed by atoms with van der Waals surface area (Å²) >= 11 is 0. The van der Waals surface area contributed by atoms with Crippen molar-refractivity contribution in [2.24, 2.45) is 5.92 Å². The van der Waals surface area contributed by atoms with Crippen LogP contribution in [-0.4, -0.2) is 48.4 Å². The molecular weight excluding hydrogens is 254 g/mol. The predicted molar refractivity (Wildman–Crippen MR) is 78.2 cm³/mol. The van der Waals surface area contributed by atoms with Crippen molar-refractivity contribution in [2.75, 3.05) is 19.6 Å². The van der Waals surface area contributed by atoms with E-state index in [-0.39, 0.29) is 11.8 Å². The average Bonchev–Trinajstić information content (AvgIpc) is 2.61. The van der Waals surface area contributed by atoms with E-state index in [1.165, 1.54) is 0 Å². The first-order chi connectivity index (χ1) is 9.58. The molecule has 2 saturated heterocycles. The monoisotopic (exact) mass is 281 g/mol. The fourth-order valence-electron chi connectivity index (χ4n) is 3.27. The van der Waals surface area contributed by atoms with Gasteiger partial charge in [-0.15, -0.1) is 0 Å². The topological polar surface area (TPSA) is 61.4 Å². The molecule has 2 bridgehead atoms. The van der Waals surface area contributed by atoms with Crippen molar-refractivity contribution in [1.29, 1.82) is 0 Å². The quantitative estimate of drug-likeness (QED) is 0.787. The van der Waals surface area contributed by atoms with Crippen molar-refractivity contribution in [3.05, 3.63) is 0 Å². The summed E-state index contributed by atoms with van der Waals surface area (Å²) < 4.78 is 0. The van der Waals surface area contributed by atoms with Crippen molar-refractivity contribution in [1.82, 2.24) is 15.5 Å². The Hall–Kier alpha value is -1.10. The first-order valence-electron chi connectivity index (χ1n) is 7.86. The summed E-state index contributed by atoms with van der Waals surface area (Å²) in [7, 11) is 0. The van der Waals surface area contributed by atoms with Crippen molar-refractivity contribution in [2.45, 2.75) is 58.0 Å². The third-order valence-electron chi connectivity index (χ3n) is 4.20. The van der Waals surface area contributed by atoms with Gasteiger partial charge in [-0.1, -0.05) is 13.8 Å². The van der Waals surface area contributed by atoms with Gasteiger partial charge in [0.05, 0.1) is 0 Å². The van der Waals surface area contributed by atoms with E-state index >= 15 is 0 Å². The average molecular weight is 281 g/mol. The number of nitrogens with one attached hydrogen (secondary N) is 2. The lowest BCUT2D eigenvalue weighted by Gasteiger charge is -2.28. The van der Waals surface area contributed by atoms with Gasteiger partial charge in [-0.05, 0) is 31.7 Å². The molecule has 2 fully saturated rings. The molecule has 2 unspecified atom stereocenters. The molecule has 5 nitrogen and oxygen atoms in total. The van der Waals surface area contributed by atoms with Crippen molar-refractivity contribution in [3.8, 4) is 0 Å². The summed E-state index contributed by atoms with van der Waals surface area (Å²) in [5.41, 5.74) is 0. The number of carbonyl (C=O) groups is 2. The van der Waals surface area contributed by atoms with Crippen LogP contribution in [0, 0.1) is 5.92 Å². The van der Waals surface area contributed by atoms with Crippen LogP contribution in [0.15, 0.2) is 0 Å². The molecule has 0 aliphatic carbocycles. The molecule has 0 spiro atoms. The first-order valence-corrected chi connectivity index (χ1v) is 7.86. The highest BCUT2D eigenvalue weighted by Crippen LogP contribution is 2.28. The van der Waals surface area contributed by atoms with E-state index < -0.39 is 0 Å². The summed E-state index contributed by atoms with van der Waals surface area (Å²) in [5.74, 6) is 0.609. The Morgan fingerprint density at radius 2 is 2.00 bits per heavy atom. The molecule has 2 N–H and O–H groups in total. The Bertz CT molecular complexity index is 343. The second kappa shape index (κ2) is 7.07. The van der Waals surface area contributed by atoms with E-state index in [1.54, 1.807) is 0 Å². The maximum atomic E-state index is 12.4. The summed E-state index contributed by atoms with van der Waals surface area (Å²) in [6.07, 6.45) is 4.27. The number of hydrogen-bond acceptors (Lipinski definition) is 3. The molecule has 2 atom stereocenters. The highest BCUT2D eigenvalue weighted by atomic mass is 16.2. The molecule has 2 aliphatic heterocycles. The van der Waals surface area contributed by atoms with Crippen LogP contribution in [0.2, 0.25) is 0 Å². The van der Waals surface area contributed by atoms with Crippen LogP contribution in [0.5, 0.6) is 0 Å². The second-order valence-electron chi connectivity index (χ2n) is 6.38. The van der Waals surface area contributed by atoms with Gasteiger partial charge in [-0.2, -0.15) is 0 Å². The van der Waals surface area contributed by atoms with E-state index in [4.69, 9.17) is 0 Å². The largest absolute Gasteiger partial charge is 0.356 e. The molecule has 0 aromatic carbocycles. The fourth-order valence-corrected chi connectivity index (χ4v) is 3.27. The summed E-state index contributed by atoms with van der Waals surface area (Å²) in [6.45, 7) is 6.44. The number of carbonyl (C=O) groups excluding carboxylic acids is 2. The molecule has 2 rings (SSSR count). The number of nitrogens with zero attached hydrogens (tertiary/aromatic N) is 1. The summed E-state index contributed by atoms with van der Waals surface area (Å²) in [5, 5.41) is 6.24. The smallest absolute Gasteiger partial charge is 0.224 e. The van der Waals surface area contributed by atoms with E-state index in [0.29, 0.717) is 37.4 Å². The summed E-state index contributed by atoms with van der Waals surface area (Å²) in [4.78, 5) is 26.0. The van der Waals surface area contributed by atoms with Gasteiger partial charge in [0.1, 0.15) is 0 Å². The lowest BCUT2D eigenvalue weighted by molar-refractivity contribution is -0.133. The first kappa shape index (κ1) is 15.3. The Morgan fingerprint density at radius 1 is 1.25 bits per heavy atom. The third kappa shape index (κ3) is 3.95. The maximum absolute atomic E-state index is 12.4. The Kier molecular flexibility index (Phi) is 5.40. The van der Waals surface area contributed by atoms with Crippen LogP contribution in [0.4, 0.5) is 0 Å². The second-order valence-corrected chi connectivity index (χ2v) is 6.38. The minimum Gasteiger partial charge on any atom is -0.356 e. The molecular formula is C15H27N3O2. The van der Waals surface area contributed by atoms with E-state index in [2.05, 4.69) is 15.5 Å². The molecule has 0 saturated carbocycles. The zero-order valence-corrected chi connectivity index (χ0v) is 12.7. The van der Waals surface area contributed by atoms with Gasteiger partial charge in [0.25, 0.3) is 0 Å². The normalized spacial score (nSPS) is 25.6. The maximum Gasteiger partial charge on any atom is 0.224 e. The fraction of sp³-hybridized carbons (Fsp3) is 0.867. The van der Waals surface area contributed by atoms with Crippen LogP contribution < -0.4 is 10.6 Å². The van der Waals surface area contributed by atoms with Crippen molar-refractivity contribution in [3.63, 3.8) is 0 Å². The van der Waals surface area contributed by atoms with Crippen LogP contribution in [0.1, 0.15) is 46.0 Å². The molecule has 20 heavy (non-hydrogen) atoms. The highest BCUT2D eigenvalue weighted by Gasteiger charge is 2.37. The van der Waals surface area contributed by atoms with Crippen LogP contribution in [0.25, 0.3) is 0 Å². The van der Waals surface area contributed by atoms with Gasteiger partial charge >= 0.3 is 0 Å². The Morgan fingerprint density at radius 3 is 2.75 bits per heavy atom. The van der Waals surface area contributed by atoms with Gasteiger partial charge in [-0.25, -0.2) is 0 Å². The molecule has 0 aromatic heterocycles. The van der Waals surface area contributed by atoms with Crippen LogP contribution >= 0.6 is 0 Å². The Labute approximate surface area is 121 Å². The van der Waals surface area contributed by atoms with Crippen molar-refractivity contribution >= 4 is 11.8 Å². The SMILES string of the molecule is CC(C)CC(=O)NCCC(=O)N1C2CCNCC1CC2. The number of hydrogen-bond donors (Lipinski definition) is 2. The minimum atomic E-state index is 0.0494. The zero-order chi connectivity index (χ0) is 14.5. The van der Waals surface area contributed by atoms with E-state index in [9.17, 15) is 9.59 Å². The molecule has 114 valence electrons. The van der Waals surface area contributed by atoms with Gasteiger partial charge in [0, 0.05) is 38.0 Å². The molecule has 5 heteroatoms.